The Kier molecular flexibility index (Phi) is 4.23. The smallest absolute Gasteiger partial charge is 0.257 e. The molecule has 5 heteroatoms. The van der Waals surface area contributed by atoms with Crippen LogP contribution in [0.3, 0.4) is 0 Å². The Hall–Kier alpha value is -2.56. The van der Waals surface area contributed by atoms with E-state index >= 15 is 0 Å². The van der Waals surface area contributed by atoms with E-state index in [0.717, 1.165) is 18.8 Å². The highest BCUT2D eigenvalue weighted by atomic mass is 16.1. The third-order valence-corrected chi connectivity index (χ3v) is 3.89. The van der Waals surface area contributed by atoms with Crippen molar-refractivity contribution in [3.8, 4) is 0 Å². The van der Waals surface area contributed by atoms with Crippen LogP contribution >= 0.6 is 0 Å². The summed E-state index contributed by atoms with van der Waals surface area (Å²) in [5.74, 6) is 0.223. The zero-order chi connectivity index (χ0) is 15.4. The monoisotopic (exact) mass is 296 g/mol. The number of piperidine rings is 1. The number of nitrogen functional groups attached to an aromatic ring is 1. The van der Waals surface area contributed by atoms with Gasteiger partial charge in [-0.25, -0.2) is 4.98 Å². The van der Waals surface area contributed by atoms with E-state index < -0.39 is 0 Å². The molecule has 1 aromatic heterocycles. The van der Waals surface area contributed by atoms with E-state index in [1.54, 1.807) is 12.1 Å². The van der Waals surface area contributed by atoms with Gasteiger partial charge in [-0.3, -0.25) is 4.79 Å². The Labute approximate surface area is 130 Å². The number of carbonyl (C=O) groups excluding carboxylic acids is 1. The van der Waals surface area contributed by atoms with Crippen molar-refractivity contribution >= 4 is 23.1 Å². The molecule has 0 aliphatic carbocycles. The summed E-state index contributed by atoms with van der Waals surface area (Å²) < 4.78 is 0. The first-order chi connectivity index (χ1) is 10.7. The Bertz CT molecular complexity index is 631. The minimum Gasteiger partial charge on any atom is -0.384 e. The molecule has 1 aliphatic heterocycles. The summed E-state index contributed by atoms with van der Waals surface area (Å²) in [4.78, 5) is 18.4. The van der Waals surface area contributed by atoms with Crippen LogP contribution in [0.25, 0.3) is 0 Å². The van der Waals surface area contributed by atoms with Crippen molar-refractivity contribution in [2.75, 3.05) is 29.0 Å². The summed E-state index contributed by atoms with van der Waals surface area (Å²) in [5.41, 5.74) is 8.01. The molecule has 0 spiro atoms. The highest BCUT2D eigenvalue weighted by molar-refractivity contribution is 6.04. The molecule has 3 N–H and O–H groups in total. The van der Waals surface area contributed by atoms with Crippen molar-refractivity contribution in [3.63, 3.8) is 0 Å². The second kappa shape index (κ2) is 6.47. The number of amides is 1. The number of nitrogens with one attached hydrogen (secondary N) is 1. The van der Waals surface area contributed by atoms with E-state index in [1.807, 2.05) is 12.1 Å². The van der Waals surface area contributed by atoms with Crippen LogP contribution < -0.4 is 16.0 Å². The van der Waals surface area contributed by atoms with Gasteiger partial charge in [-0.05, 0) is 55.7 Å². The molecule has 1 fully saturated rings. The number of anilines is 3. The van der Waals surface area contributed by atoms with E-state index in [-0.39, 0.29) is 5.91 Å². The predicted octanol–water partition coefficient (Wildman–Crippen LogP) is 2.91. The first kappa shape index (κ1) is 14.4. The van der Waals surface area contributed by atoms with Gasteiger partial charge in [0.25, 0.3) is 5.91 Å². The molecule has 2 aromatic rings. The van der Waals surface area contributed by atoms with Crippen LogP contribution in [0.15, 0.2) is 42.6 Å². The highest BCUT2D eigenvalue weighted by Crippen LogP contribution is 2.22. The van der Waals surface area contributed by atoms with Crippen molar-refractivity contribution in [1.29, 1.82) is 0 Å². The number of pyridine rings is 1. The lowest BCUT2D eigenvalue weighted by Crippen LogP contribution is -2.29. The van der Waals surface area contributed by atoms with E-state index in [1.165, 1.54) is 31.1 Å². The molecule has 1 aromatic carbocycles. The average molecular weight is 296 g/mol. The Morgan fingerprint density at radius 3 is 2.41 bits per heavy atom. The SMILES string of the molecule is Nc1ccc(C(=O)Nc2ccc(N3CCCCC3)cc2)cn1. The van der Waals surface area contributed by atoms with Crippen LogP contribution in [0.1, 0.15) is 29.6 Å². The summed E-state index contributed by atoms with van der Waals surface area (Å²) in [5, 5.41) is 2.87. The molecule has 0 unspecified atom stereocenters. The molecule has 0 atom stereocenters. The molecule has 0 radical (unpaired) electrons. The van der Waals surface area contributed by atoms with Gasteiger partial charge in [-0.1, -0.05) is 0 Å². The quantitative estimate of drug-likeness (QED) is 0.913. The summed E-state index contributed by atoms with van der Waals surface area (Å²) in [6.07, 6.45) is 5.30. The molecule has 1 saturated heterocycles. The van der Waals surface area contributed by atoms with Crippen LogP contribution in [0, 0.1) is 0 Å². The van der Waals surface area contributed by atoms with Gasteiger partial charge in [0.15, 0.2) is 0 Å². The second-order valence-electron chi connectivity index (χ2n) is 5.52. The Morgan fingerprint density at radius 2 is 1.77 bits per heavy atom. The largest absolute Gasteiger partial charge is 0.384 e. The number of nitrogens with zero attached hydrogens (tertiary/aromatic N) is 2. The maximum absolute atomic E-state index is 12.1. The topological polar surface area (TPSA) is 71.2 Å². The molecule has 0 saturated carbocycles. The standard InChI is InChI=1S/C17H20N4O/c18-16-9-4-13(12-19-16)17(22)20-14-5-7-15(8-6-14)21-10-2-1-3-11-21/h4-9,12H,1-3,10-11H2,(H2,18,19)(H,20,22). The fourth-order valence-electron chi connectivity index (χ4n) is 2.65. The van der Waals surface area contributed by atoms with Crippen LogP contribution in [0.4, 0.5) is 17.2 Å². The molecular formula is C17H20N4O. The number of hydrogen-bond acceptors (Lipinski definition) is 4. The van der Waals surface area contributed by atoms with Gasteiger partial charge in [0, 0.05) is 30.7 Å². The number of benzene rings is 1. The molecule has 22 heavy (non-hydrogen) atoms. The highest BCUT2D eigenvalue weighted by Gasteiger charge is 2.11. The first-order valence-corrected chi connectivity index (χ1v) is 7.60. The lowest BCUT2D eigenvalue weighted by molar-refractivity contribution is 0.102. The lowest BCUT2D eigenvalue weighted by atomic mass is 10.1. The van der Waals surface area contributed by atoms with Gasteiger partial charge in [0.2, 0.25) is 0 Å². The third kappa shape index (κ3) is 3.36. The zero-order valence-corrected chi connectivity index (χ0v) is 12.5. The van der Waals surface area contributed by atoms with Crippen LogP contribution in [0.2, 0.25) is 0 Å². The van der Waals surface area contributed by atoms with Crippen molar-refractivity contribution in [2.24, 2.45) is 0 Å². The summed E-state index contributed by atoms with van der Waals surface area (Å²) >= 11 is 0. The number of hydrogen-bond donors (Lipinski definition) is 2. The molecule has 2 heterocycles. The molecule has 0 bridgehead atoms. The van der Waals surface area contributed by atoms with Crippen LogP contribution in [-0.2, 0) is 0 Å². The second-order valence-corrected chi connectivity index (χ2v) is 5.52. The van der Waals surface area contributed by atoms with Gasteiger partial charge in [0.05, 0.1) is 5.56 Å². The molecule has 1 aliphatic rings. The van der Waals surface area contributed by atoms with Gasteiger partial charge in [-0.2, -0.15) is 0 Å². The van der Waals surface area contributed by atoms with E-state index in [9.17, 15) is 4.79 Å². The fraction of sp³-hybridized carbons (Fsp3) is 0.294. The van der Waals surface area contributed by atoms with Crippen LogP contribution in [-0.4, -0.2) is 24.0 Å². The zero-order valence-electron chi connectivity index (χ0n) is 12.5. The predicted molar refractivity (Wildman–Crippen MR) is 89.1 cm³/mol. The van der Waals surface area contributed by atoms with Crippen LogP contribution in [0.5, 0.6) is 0 Å². The minimum atomic E-state index is -0.182. The van der Waals surface area contributed by atoms with Gasteiger partial charge < -0.3 is 16.0 Å². The summed E-state index contributed by atoms with van der Waals surface area (Å²) in [7, 11) is 0. The average Bonchev–Trinajstić information content (AvgIpc) is 2.57. The minimum absolute atomic E-state index is 0.182. The fourth-order valence-corrected chi connectivity index (χ4v) is 2.65. The maximum atomic E-state index is 12.1. The molecule has 5 nitrogen and oxygen atoms in total. The Balaban J connectivity index is 1.65. The number of carbonyl (C=O) groups is 1. The summed E-state index contributed by atoms with van der Waals surface area (Å²) in [6, 6.07) is 11.3. The first-order valence-electron chi connectivity index (χ1n) is 7.60. The van der Waals surface area contributed by atoms with E-state index in [4.69, 9.17) is 5.73 Å². The molecule has 3 rings (SSSR count). The van der Waals surface area contributed by atoms with Gasteiger partial charge in [-0.15, -0.1) is 0 Å². The van der Waals surface area contributed by atoms with Crippen molar-refractivity contribution < 1.29 is 4.79 Å². The molecular weight excluding hydrogens is 276 g/mol. The van der Waals surface area contributed by atoms with Gasteiger partial charge >= 0.3 is 0 Å². The Morgan fingerprint density at radius 1 is 1.05 bits per heavy atom. The maximum Gasteiger partial charge on any atom is 0.257 e. The van der Waals surface area contributed by atoms with Crippen molar-refractivity contribution in [2.45, 2.75) is 19.3 Å². The molecule has 1 amide bonds. The van der Waals surface area contributed by atoms with E-state index in [0.29, 0.717) is 11.4 Å². The normalized spacial score (nSPS) is 14.6. The van der Waals surface area contributed by atoms with E-state index in [2.05, 4.69) is 27.3 Å². The van der Waals surface area contributed by atoms with Crippen molar-refractivity contribution in [3.05, 3.63) is 48.2 Å². The lowest BCUT2D eigenvalue weighted by Gasteiger charge is -2.28. The van der Waals surface area contributed by atoms with Gasteiger partial charge in [0.1, 0.15) is 5.82 Å². The van der Waals surface area contributed by atoms with Crippen molar-refractivity contribution in [1.82, 2.24) is 4.98 Å². The third-order valence-electron chi connectivity index (χ3n) is 3.89. The summed E-state index contributed by atoms with van der Waals surface area (Å²) in [6.45, 7) is 2.23. The number of aromatic nitrogens is 1. The number of rotatable bonds is 3. The molecule has 114 valence electrons. The number of nitrogens with two attached hydrogens (primary N) is 1.